The Balaban J connectivity index is 4.52. The Morgan fingerprint density at radius 2 is 0.900 bits per heavy atom. The quantitative estimate of drug-likeness (QED) is 0.0286. The molecule has 2 unspecified atom stereocenters. The van der Waals surface area contributed by atoms with Gasteiger partial charge in [-0.15, -0.1) is 0 Å². The van der Waals surface area contributed by atoms with Crippen molar-refractivity contribution in [3.8, 4) is 0 Å². The van der Waals surface area contributed by atoms with Gasteiger partial charge in [0.05, 0.1) is 34.4 Å². The van der Waals surface area contributed by atoms with E-state index in [1.165, 1.54) is 0 Å². The summed E-state index contributed by atoms with van der Waals surface area (Å²) < 4.78 is 17.2. The molecule has 0 aliphatic carbocycles. The molecule has 0 aliphatic rings. The van der Waals surface area contributed by atoms with E-state index in [0.29, 0.717) is 19.3 Å². The molecule has 0 bridgehead atoms. The summed E-state index contributed by atoms with van der Waals surface area (Å²) >= 11 is 0. The largest absolute Gasteiger partial charge is 0.477 e. The zero-order chi connectivity index (χ0) is 44.2. The molecule has 0 saturated carbocycles. The van der Waals surface area contributed by atoms with Gasteiger partial charge in [-0.3, -0.25) is 9.59 Å². The van der Waals surface area contributed by atoms with Crippen LogP contribution in [0.1, 0.15) is 136 Å². The molecule has 0 aliphatic heterocycles. The molecule has 336 valence electrons. The highest BCUT2D eigenvalue weighted by Crippen LogP contribution is 2.11. The summed E-state index contributed by atoms with van der Waals surface area (Å²) in [5, 5.41) is 9.63. The molecule has 1 N–H and O–H groups in total. The predicted molar refractivity (Wildman–Crippen MR) is 252 cm³/mol. The highest BCUT2D eigenvalue weighted by Gasteiger charge is 2.31. The number of carbonyl (C=O) groups is 3. The molecule has 8 nitrogen and oxygen atoms in total. The Labute approximate surface area is 365 Å². The number of quaternary nitrogens is 1. The van der Waals surface area contributed by atoms with Crippen LogP contribution in [0.5, 0.6) is 0 Å². The number of rotatable bonds is 38. The summed E-state index contributed by atoms with van der Waals surface area (Å²) in [7, 11) is 5.48. The number of likely N-dealkylation sites (N-methyl/N-ethyl adjacent to an activating group) is 1. The minimum atomic E-state index is -0.895. The molecular formula is C52H82NO7+. The molecule has 8 heteroatoms. The fourth-order valence-electron chi connectivity index (χ4n) is 5.68. The number of aliphatic carboxylic acids is 1. The maximum absolute atomic E-state index is 12.7. The number of esters is 2. The van der Waals surface area contributed by atoms with E-state index >= 15 is 0 Å². The minimum absolute atomic E-state index is 0.0184. The summed E-state index contributed by atoms with van der Waals surface area (Å²) in [5.74, 6) is -1.61. The van der Waals surface area contributed by atoms with Gasteiger partial charge >= 0.3 is 17.9 Å². The summed E-state index contributed by atoms with van der Waals surface area (Å²) in [5.41, 5.74) is 0. The number of carboxylic acid groups (broad SMARTS) is 1. The molecule has 0 fully saturated rings. The van der Waals surface area contributed by atoms with E-state index in [1.54, 1.807) is 0 Å². The summed E-state index contributed by atoms with van der Waals surface area (Å²) in [6.07, 6.45) is 58.2. The van der Waals surface area contributed by atoms with E-state index in [0.717, 1.165) is 96.3 Å². The predicted octanol–water partition coefficient (Wildman–Crippen LogP) is 12.6. The van der Waals surface area contributed by atoms with E-state index in [-0.39, 0.29) is 42.7 Å². The number of nitrogens with zero attached hydrogens (tertiary/aromatic N) is 1. The Bertz CT molecular complexity index is 1390. The fourth-order valence-corrected chi connectivity index (χ4v) is 5.68. The molecule has 60 heavy (non-hydrogen) atoms. The van der Waals surface area contributed by atoms with Crippen LogP contribution in [-0.2, 0) is 28.6 Å². The van der Waals surface area contributed by atoms with Gasteiger partial charge in [-0.05, 0) is 96.3 Å². The van der Waals surface area contributed by atoms with Gasteiger partial charge in [-0.25, -0.2) is 4.79 Å². The first-order chi connectivity index (χ1) is 29.1. The molecule has 0 saturated heterocycles. The van der Waals surface area contributed by atoms with Crippen molar-refractivity contribution >= 4 is 17.9 Å². The maximum Gasteiger partial charge on any atom is 0.362 e. The van der Waals surface area contributed by atoms with Crippen molar-refractivity contribution in [1.29, 1.82) is 0 Å². The molecule has 0 radical (unpaired) electrons. The first-order valence-corrected chi connectivity index (χ1v) is 22.6. The maximum atomic E-state index is 12.7. The second-order valence-corrected chi connectivity index (χ2v) is 15.5. The van der Waals surface area contributed by atoms with Gasteiger partial charge in [0.15, 0.2) is 12.1 Å². The average molecular weight is 833 g/mol. The van der Waals surface area contributed by atoms with E-state index in [1.807, 2.05) is 21.1 Å². The van der Waals surface area contributed by atoms with Crippen molar-refractivity contribution in [2.75, 3.05) is 41.0 Å². The Morgan fingerprint density at radius 3 is 1.32 bits per heavy atom. The van der Waals surface area contributed by atoms with Crippen LogP contribution in [0.2, 0.25) is 0 Å². The number of hydrogen-bond donors (Lipinski definition) is 1. The lowest BCUT2D eigenvalue weighted by molar-refractivity contribution is -0.887. The monoisotopic (exact) mass is 833 g/mol. The van der Waals surface area contributed by atoms with E-state index in [4.69, 9.17) is 14.2 Å². The molecule has 0 amide bonds. The number of carboxylic acids is 1. The lowest BCUT2D eigenvalue weighted by Gasteiger charge is -2.31. The number of ether oxygens (including phenoxy) is 3. The number of carbonyl (C=O) groups excluding carboxylic acids is 2. The molecule has 0 rings (SSSR count). The van der Waals surface area contributed by atoms with Crippen LogP contribution < -0.4 is 0 Å². The van der Waals surface area contributed by atoms with Gasteiger partial charge in [0, 0.05) is 19.3 Å². The van der Waals surface area contributed by atoms with Crippen LogP contribution >= 0.6 is 0 Å². The van der Waals surface area contributed by atoms with Crippen molar-refractivity contribution in [3.63, 3.8) is 0 Å². The first-order valence-electron chi connectivity index (χ1n) is 22.6. The smallest absolute Gasteiger partial charge is 0.362 e. The Kier molecular flexibility index (Phi) is 38.5. The highest BCUT2D eigenvalue weighted by molar-refractivity contribution is 5.72. The van der Waals surface area contributed by atoms with Crippen molar-refractivity contribution < 1.29 is 38.2 Å². The number of hydrogen-bond acceptors (Lipinski definition) is 6. The second kappa shape index (κ2) is 41.5. The number of unbranched alkanes of at least 4 members (excludes halogenated alkanes) is 4. The third-order valence-corrected chi connectivity index (χ3v) is 9.11. The molecular weight excluding hydrogens is 751 g/mol. The summed E-state index contributed by atoms with van der Waals surface area (Å²) in [6, 6.07) is -0.638. The van der Waals surface area contributed by atoms with Gasteiger partial charge in [0.1, 0.15) is 6.61 Å². The molecule has 2 atom stereocenters. The van der Waals surface area contributed by atoms with Crippen molar-refractivity contribution in [1.82, 2.24) is 0 Å². The average Bonchev–Trinajstić information content (AvgIpc) is 3.21. The molecule has 0 heterocycles. The van der Waals surface area contributed by atoms with Crippen molar-refractivity contribution in [2.45, 2.75) is 148 Å². The lowest BCUT2D eigenvalue weighted by Crippen LogP contribution is -2.50. The van der Waals surface area contributed by atoms with Crippen molar-refractivity contribution in [3.05, 3.63) is 122 Å². The van der Waals surface area contributed by atoms with Crippen molar-refractivity contribution in [2.24, 2.45) is 0 Å². The molecule has 0 aromatic heterocycles. The third-order valence-electron chi connectivity index (χ3n) is 9.11. The molecule has 0 aromatic carbocycles. The molecule has 0 spiro atoms. The van der Waals surface area contributed by atoms with Gasteiger partial charge in [-0.2, -0.15) is 0 Å². The second-order valence-electron chi connectivity index (χ2n) is 15.5. The topological polar surface area (TPSA) is 99.1 Å². The van der Waals surface area contributed by atoms with Crippen LogP contribution in [-0.4, -0.2) is 80.6 Å². The van der Waals surface area contributed by atoms with Gasteiger partial charge in [0.25, 0.3) is 0 Å². The fraction of sp³-hybridized carbons (Fsp3) is 0.558. The third kappa shape index (κ3) is 39.2. The van der Waals surface area contributed by atoms with Crippen LogP contribution in [0.4, 0.5) is 0 Å². The first kappa shape index (κ1) is 55.7. The standard InChI is InChI=1S/C52H81NO7/c1-6-8-10-12-14-16-18-20-22-24-25-27-28-30-32-34-36-38-40-42-50(54)59-47-48(46-58-45-44-49(52(56)57)53(3,4)5)60-51(55)43-41-39-37-35-33-31-29-26-23-21-19-17-15-13-11-9-7-2/h8-11,14-17,20-23,25,27,29-32,35,37,48-49H,6-7,12-13,18-19,24,26,28,33-34,36,38-47H2,1-5H3/p+1/b10-8+,11-9+,16-14+,17-15+,22-20+,23-21+,27-25+,31-29+,32-30+,37-35+. The SMILES string of the molecule is CC/C=C/C/C=C/C/C=C/C/C=C/C/C=C/CCCCCC(=O)OCC(COCCC(C(=O)O)[N+](C)(C)C)OC(=O)CCC/C=C/C/C=C/C/C=C/C/C=C/C/C=C/CC. The Morgan fingerprint density at radius 1 is 0.500 bits per heavy atom. The Hall–Kier alpha value is -4.27. The van der Waals surface area contributed by atoms with E-state index in [2.05, 4.69) is 135 Å². The van der Waals surface area contributed by atoms with Crippen LogP contribution in [0.15, 0.2) is 122 Å². The van der Waals surface area contributed by atoms with Gasteiger partial charge in [0.2, 0.25) is 0 Å². The summed E-state index contributed by atoms with van der Waals surface area (Å²) in [6.45, 7) is 4.38. The van der Waals surface area contributed by atoms with E-state index in [9.17, 15) is 19.5 Å². The van der Waals surface area contributed by atoms with E-state index < -0.39 is 18.1 Å². The number of allylic oxidation sites excluding steroid dienone is 20. The van der Waals surface area contributed by atoms with Crippen LogP contribution in [0.3, 0.4) is 0 Å². The van der Waals surface area contributed by atoms with Crippen LogP contribution in [0.25, 0.3) is 0 Å². The normalized spacial score (nSPS) is 14.1. The van der Waals surface area contributed by atoms with Gasteiger partial charge < -0.3 is 23.8 Å². The zero-order valence-corrected chi connectivity index (χ0v) is 38.1. The van der Waals surface area contributed by atoms with Gasteiger partial charge in [-0.1, -0.05) is 142 Å². The zero-order valence-electron chi connectivity index (χ0n) is 38.1. The molecule has 0 aromatic rings. The highest BCUT2D eigenvalue weighted by atomic mass is 16.6. The summed E-state index contributed by atoms with van der Waals surface area (Å²) in [4.78, 5) is 37.0. The minimum Gasteiger partial charge on any atom is -0.477 e. The lowest BCUT2D eigenvalue weighted by atomic mass is 10.1. The van der Waals surface area contributed by atoms with Crippen LogP contribution in [0, 0.1) is 0 Å².